The van der Waals surface area contributed by atoms with Crippen molar-refractivity contribution in [2.24, 2.45) is 0 Å². The number of carbonyl (C=O) groups is 1. The van der Waals surface area contributed by atoms with Crippen molar-refractivity contribution in [2.75, 3.05) is 16.3 Å². The van der Waals surface area contributed by atoms with Gasteiger partial charge in [-0.05, 0) is 18.2 Å². The minimum atomic E-state index is -3.93. The maximum absolute atomic E-state index is 12.1. The van der Waals surface area contributed by atoms with Crippen LogP contribution >= 0.6 is 0 Å². The Labute approximate surface area is 121 Å². The molecule has 116 valence electrons. The van der Waals surface area contributed by atoms with E-state index in [1.54, 1.807) is 0 Å². The summed E-state index contributed by atoms with van der Waals surface area (Å²) < 4.78 is 50.8. The van der Waals surface area contributed by atoms with E-state index in [2.05, 4.69) is 14.8 Å². The predicted octanol–water partition coefficient (Wildman–Crippen LogP) is -0.437. The molecule has 0 bridgehead atoms. The molecule has 1 aromatic carbocycles. The number of hydrogen-bond acceptors (Lipinski definition) is 6. The molecule has 0 amide bonds. The summed E-state index contributed by atoms with van der Waals surface area (Å²) in [5, 5.41) is 11.4. The quantitative estimate of drug-likeness (QED) is 0.584. The van der Waals surface area contributed by atoms with Crippen molar-refractivity contribution in [3.63, 3.8) is 0 Å². The number of sulfonamides is 2. The zero-order chi connectivity index (χ0) is 15.8. The molecule has 11 heteroatoms. The van der Waals surface area contributed by atoms with Crippen LogP contribution in [0.2, 0.25) is 0 Å². The van der Waals surface area contributed by atoms with Gasteiger partial charge in [-0.2, -0.15) is 4.72 Å². The van der Waals surface area contributed by atoms with Gasteiger partial charge in [0.1, 0.15) is 11.1 Å². The Bertz CT molecular complexity index is 787. The number of hydrogen-bond donors (Lipinski definition) is 4. The lowest BCUT2D eigenvalue weighted by Crippen LogP contribution is -2.45. The van der Waals surface area contributed by atoms with Gasteiger partial charge in [0.25, 0.3) is 0 Å². The van der Waals surface area contributed by atoms with Crippen LogP contribution in [0.4, 0.5) is 11.4 Å². The first-order valence-corrected chi connectivity index (χ1v) is 9.07. The van der Waals surface area contributed by atoms with Gasteiger partial charge < -0.3 is 10.4 Å². The molecule has 2 rings (SSSR count). The summed E-state index contributed by atoms with van der Waals surface area (Å²) in [6.45, 7) is 0. The molecular formula is C10H13N3O6S2. The number of carboxylic acid groups (broad SMARTS) is 1. The van der Waals surface area contributed by atoms with Crippen LogP contribution in [0.15, 0.2) is 23.1 Å². The zero-order valence-corrected chi connectivity index (χ0v) is 12.5. The fourth-order valence-electron chi connectivity index (χ4n) is 1.88. The highest BCUT2D eigenvalue weighted by atomic mass is 32.2. The molecule has 4 N–H and O–H groups in total. The Kier molecular flexibility index (Phi) is 3.82. The molecular weight excluding hydrogens is 322 g/mol. The average Bonchev–Trinajstić information content (AvgIpc) is 2.26. The number of anilines is 2. The lowest BCUT2D eigenvalue weighted by atomic mass is 10.2. The van der Waals surface area contributed by atoms with Gasteiger partial charge in [-0.1, -0.05) is 0 Å². The van der Waals surface area contributed by atoms with Gasteiger partial charge in [0.2, 0.25) is 20.0 Å². The van der Waals surface area contributed by atoms with Gasteiger partial charge in [0.05, 0.1) is 18.4 Å². The highest BCUT2D eigenvalue weighted by Crippen LogP contribution is 2.29. The summed E-state index contributed by atoms with van der Waals surface area (Å²) in [5.41, 5.74) is 0.305. The molecule has 0 radical (unpaired) electrons. The third kappa shape index (κ3) is 3.83. The standard InChI is InChI=1S/C10H13N3O6S2/c1-20(16,17)12-6-2-3-7-8(4-6)21(18,19)13-9(11-7)5-10(14)15/h2-4,9,11-13H,5H2,1H3,(H,14,15). The molecule has 1 unspecified atom stereocenters. The van der Waals surface area contributed by atoms with E-state index in [1.807, 2.05) is 0 Å². The van der Waals surface area contributed by atoms with E-state index in [-0.39, 0.29) is 16.3 Å². The molecule has 0 aliphatic carbocycles. The Hall–Kier alpha value is -1.85. The van der Waals surface area contributed by atoms with E-state index in [9.17, 15) is 21.6 Å². The van der Waals surface area contributed by atoms with Crippen molar-refractivity contribution in [3.8, 4) is 0 Å². The third-order valence-corrected chi connectivity index (χ3v) is 4.70. The van der Waals surface area contributed by atoms with Gasteiger partial charge in [0.15, 0.2) is 0 Å². The largest absolute Gasteiger partial charge is 0.481 e. The van der Waals surface area contributed by atoms with Gasteiger partial charge >= 0.3 is 5.97 Å². The van der Waals surface area contributed by atoms with Crippen LogP contribution in [-0.4, -0.2) is 40.3 Å². The summed E-state index contributed by atoms with van der Waals surface area (Å²) in [5.74, 6) is -1.16. The molecule has 1 aliphatic rings. The molecule has 1 atom stereocenters. The Morgan fingerprint density at radius 2 is 2.10 bits per heavy atom. The maximum Gasteiger partial charge on any atom is 0.306 e. The Morgan fingerprint density at radius 1 is 1.43 bits per heavy atom. The number of fused-ring (bicyclic) bond motifs is 1. The van der Waals surface area contributed by atoms with Crippen LogP contribution in [0.25, 0.3) is 0 Å². The smallest absolute Gasteiger partial charge is 0.306 e. The fourth-order valence-corrected chi connectivity index (χ4v) is 3.77. The number of rotatable bonds is 4. The summed E-state index contributed by atoms with van der Waals surface area (Å²) in [6, 6.07) is 3.91. The fraction of sp³-hybridized carbons (Fsp3) is 0.300. The first kappa shape index (κ1) is 15.5. The van der Waals surface area contributed by atoms with E-state index >= 15 is 0 Å². The first-order valence-electron chi connectivity index (χ1n) is 5.69. The van der Waals surface area contributed by atoms with E-state index in [0.29, 0.717) is 0 Å². The normalized spacial score (nSPS) is 20.1. The van der Waals surface area contributed by atoms with Gasteiger partial charge in [-0.3, -0.25) is 9.52 Å². The zero-order valence-electron chi connectivity index (χ0n) is 10.8. The van der Waals surface area contributed by atoms with E-state index in [1.165, 1.54) is 12.1 Å². The summed E-state index contributed by atoms with van der Waals surface area (Å²) >= 11 is 0. The third-order valence-electron chi connectivity index (χ3n) is 2.58. The van der Waals surface area contributed by atoms with Crippen LogP contribution in [0, 0.1) is 0 Å². The van der Waals surface area contributed by atoms with Crippen LogP contribution in [0.5, 0.6) is 0 Å². The van der Waals surface area contributed by atoms with Gasteiger partial charge in [-0.25, -0.2) is 16.8 Å². The molecule has 21 heavy (non-hydrogen) atoms. The van der Waals surface area contributed by atoms with E-state index in [0.717, 1.165) is 12.3 Å². The molecule has 0 saturated carbocycles. The van der Waals surface area contributed by atoms with Crippen LogP contribution in [-0.2, 0) is 24.8 Å². The second kappa shape index (κ2) is 5.16. The van der Waals surface area contributed by atoms with Crippen LogP contribution < -0.4 is 14.8 Å². The highest BCUT2D eigenvalue weighted by molar-refractivity contribution is 7.92. The maximum atomic E-state index is 12.1. The van der Waals surface area contributed by atoms with Crippen LogP contribution in [0.3, 0.4) is 0 Å². The van der Waals surface area contributed by atoms with E-state index in [4.69, 9.17) is 5.11 Å². The molecule has 0 spiro atoms. The molecule has 0 saturated heterocycles. The van der Waals surface area contributed by atoms with Crippen molar-refractivity contribution in [1.29, 1.82) is 0 Å². The van der Waals surface area contributed by atoms with Crippen molar-refractivity contribution < 1.29 is 26.7 Å². The van der Waals surface area contributed by atoms with Crippen LogP contribution in [0.1, 0.15) is 6.42 Å². The minimum Gasteiger partial charge on any atom is -0.481 e. The number of benzene rings is 1. The summed E-state index contributed by atoms with van der Waals surface area (Å²) in [7, 11) is -7.46. The second-order valence-electron chi connectivity index (χ2n) is 4.50. The highest BCUT2D eigenvalue weighted by Gasteiger charge is 2.30. The SMILES string of the molecule is CS(=O)(=O)Nc1ccc2c(c1)S(=O)(=O)NC(CC(=O)O)N2. The predicted molar refractivity (Wildman–Crippen MR) is 74.9 cm³/mol. The molecule has 1 aliphatic heterocycles. The monoisotopic (exact) mass is 335 g/mol. The molecule has 1 heterocycles. The average molecular weight is 335 g/mol. The van der Waals surface area contributed by atoms with E-state index < -0.39 is 38.6 Å². The van der Waals surface area contributed by atoms with Crippen molar-refractivity contribution in [2.45, 2.75) is 17.5 Å². The summed E-state index contributed by atoms with van der Waals surface area (Å²) in [6.07, 6.45) is -0.448. The van der Waals surface area contributed by atoms with Gasteiger partial charge in [0, 0.05) is 5.69 Å². The first-order chi connectivity index (χ1) is 9.57. The lowest BCUT2D eigenvalue weighted by molar-refractivity contribution is -0.137. The number of nitrogens with one attached hydrogen (secondary N) is 3. The molecule has 0 aromatic heterocycles. The van der Waals surface area contributed by atoms with Crippen molar-refractivity contribution >= 4 is 37.4 Å². The Morgan fingerprint density at radius 3 is 2.67 bits per heavy atom. The summed E-state index contributed by atoms with van der Waals surface area (Å²) in [4.78, 5) is 10.5. The number of aliphatic carboxylic acids is 1. The lowest BCUT2D eigenvalue weighted by Gasteiger charge is -2.27. The Balaban J connectivity index is 2.39. The molecule has 0 fully saturated rings. The van der Waals surface area contributed by atoms with Crippen molar-refractivity contribution in [3.05, 3.63) is 18.2 Å². The van der Waals surface area contributed by atoms with Crippen molar-refractivity contribution in [1.82, 2.24) is 4.72 Å². The minimum absolute atomic E-state index is 0.0973. The van der Waals surface area contributed by atoms with Gasteiger partial charge in [-0.15, -0.1) is 0 Å². The second-order valence-corrected chi connectivity index (χ2v) is 7.93. The number of carboxylic acids is 1. The topological polar surface area (TPSA) is 142 Å². The molecule has 1 aromatic rings. The molecule has 9 nitrogen and oxygen atoms in total.